The van der Waals surface area contributed by atoms with E-state index in [0.29, 0.717) is 0 Å². The highest BCUT2D eigenvalue weighted by molar-refractivity contribution is 5.30. The van der Waals surface area contributed by atoms with Crippen LogP contribution in [0.25, 0.3) is 0 Å². The first-order valence-electron chi connectivity index (χ1n) is 5.62. The normalized spacial score (nSPS) is 24.1. The van der Waals surface area contributed by atoms with Gasteiger partial charge < -0.3 is 10.1 Å². The third-order valence-electron chi connectivity index (χ3n) is 3.75. The molecule has 1 aromatic heterocycles. The average Bonchev–Trinajstić information content (AvgIpc) is 2.63. The van der Waals surface area contributed by atoms with E-state index in [4.69, 9.17) is 4.74 Å². The van der Waals surface area contributed by atoms with Crippen molar-refractivity contribution in [2.45, 2.75) is 24.8 Å². The SMILES string of the molecule is Cn1ncc2c1C1(CCOCC1)CNC2. The van der Waals surface area contributed by atoms with E-state index in [9.17, 15) is 0 Å². The van der Waals surface area contributed by atoms with Gasteiger partial charge in [-0.1, -0.05) is 0 Å². The van der Waals surface area contributed by atoms with E-state index in [-0.39, 0.29) is 5.41 Å². The van der Waals surface area contributed by atoms with Crippen molar-refractivity contribution in [1.82, 2.24) is 15.1 Å². The molecule has 15 heavy (non-hydrogen) atoms. The molecule has 1 saturated heterocycles. The van der Waals surface area contributed by atoms with Gasteiger partial charge >= 0.3 is 0 Å². The third-order valence-corrected chi connectivity index (χ3v) is 3.75. The lowest BCUT2D eigenvalue weighted by molar-refractivity contribution is 0.0442. The molecule has 0 unspecified atom stereocenters. The number of aromatic nitrogens is 2. The summed E-state index contributed by atoms with van der Waals surface area (Å²) >= 11 is 0. The zero-order chi connectivity index (χ0) is 10.3. The summed E-state index contributed by atoms with van der Waals surface area (Å²) in [5.74, 6) is 0. The van der Waals surface area contributed by atoms with Gasteiger partial charge in [0.05, 0.1) is 11.9 Å². The van der Waals surface area contributed by atoms with Gasteiger partial charge in [0.2, 0.25) is 0 Å². The van der Waals surface area contributed by atoms with Crippen molar-refractivity contribution in [2.75, 3.05) is 19.8 Å². The Kier molecular flexibility index (Phi) is 2.07. The maximum atomic E-state index is 5.47. The van der Waals surface area contributed by atoms with Crippen molar-refractivity contribution in [2.24, 2.45) is 7.05 Å². The van der Waals surface area contributed by atoms with E-state index in [0.717, 1.165) is 39.1 Å². The van der Waals surface area contributed by atoms with Gasteiger partial charge in [0, 0.05) is 44.3 Å². The smallest absolute Gasteiger partial charge is 0.0537 e. The standard InChI is InChI=1S/C11H17N3O/c1-14-10-9(7-13-14)6-12-8-11(10)2-4-15-5-3-11/h7,12H,2-6,8H2,1H3. The van der Waals surface area contributed by atoms with Crippen LogP contribution in [0.15, 0.2) is 6.20 Å². The minimum atomic E-state index is 0.275. The molecule has 0 atom stereocenters. The van der Waals surface area contributed by atoms with Crippen LogP contribution in [0.2, 0.25) is 0 Å². The van der Waals surface area contributed by atoms with Crippen LogP contribution in [0.1, 0.15) is 24.1 Å². The second kappa shape index (κ2) is 3.32. The van der Waals surface area contributed by atoms with Gasteiger partial charge in [0.1, 0.15) is 0 Å². The zero-order valence-corrected chi connectivity index (χ0v) is 9.12. The number of hydrogen-bond acceptors (Lipinski definition) is 3. The molecule has 0 saturated carbocycles. The Morgan fingerprint density at radius 3 is 3.07 bits per heavy atom. The highest BCUT2D eigenvalue weighted by Crippen LogP contribution is 2.38. The van der Waals surface area contributed by atoms with Gasteiger partial charge in [-0.05, 0) is 12.8 Å². The Balaban J connectivity index is 2.06. The summed E-state index contributed by atoms with van der Waals surface area (Å²) in [6, 6.07) is 0. The molecule has 82 valence electrons. The number of aryl methyl sites for hydroxylation is 1. The molecular weight excluding hydrogens is 190 g/mol. The molecule has 3 heterocycles. The highest BCUT2D eigenvalue weighted by atomic mass is 16.5. The molecule has 1 spiro atoms. The highest BCUT2D eigenvalue weighted by Gasteiger charge is 2.40. The fraction of sp³-hybridized carbons (Fsp3) is 0.727. The maximum Gasteiger partial charge on any atom is 0.0537 e. The lowest BCUT2D eigenvalue weighted by Gasteiger charge is -2.40. The minimum absolute atomic E-state index is 0.275. The summed E-state index contributed by atoms with van der Waals surface area (Å²) in [5.41, 5.74) is 3.08. The largest absolute Gasteiger partial charge is 0.381 e. The first kappa shape index (κ1) is 9.36. The number of nitrogens with one attached hydrogen (secondary N) is 1. The van der Waals surface area contributed by atoms with Crippen LogP contribution in [0.3, 0.4) is 0 Å². The second-order valence-electron chi connectivity index (χ2n) is 4.64. The molecule has 0 radical (unpaired) electrons. The van der Waals surface area contributed by atoms with E-state index in [1.807, 2.05) is 6.20 Å². The van der Waals surface area contributed by atoms with Crippen LogP contribution in [-0.4, -0.2) is 29.5 Å². The van der Waals surface area contributed by atoms with E-state index < -0.39 is 0 Å². The Hall–Kier alpha value is -0.870. The summed E-state index contributed by atoms with van der Waals surface area (Å²) in [6.07, 6.45) is 4.23. The molecular formula is C11H17N3O. The van der Waals surface area contributed by atoms with Crippen molar-refractivity contribution >= 4 is 0 Å². The first-order valence-corrected chi connectivity index (χ1v) is 5.62. The Bertz CT molecular complexity index is 366. The molecule has 0 aromatic carbocycles. The van der Waals surface area contributed by atoms with Crippen LogP contribution in [0, 0.1) is 0 Å². The van der Waals surface area contributed by atoms with Crippen LogP contribution < -0.4 is 5.32 Å². The quantitative estimate of drug-likeness (QED) is 0.676. The second-order valence-corrected chi connectivity index (χ2v) is 4.64. The molecule has 1 aromatic rings. The van der Waals surface area contributed by atoms with Gasteiger partial charge in [-0.2, -0.15) is 5.10 Å². The lowest BCUT2D eigenvalue weighted by Crippen LogP contribution is -2.47. The summed E-state index contributed by atoms with van der Waals surface area (Å²) < 4.78 is 7.53. The number of rotatable bonds is 0. The van der Waals surface area contributed by atoms with Crippen LogP contribution in [-0.2, 0) is 23.7 Å². The molecule has 2 aliphatic heterocycles. The van der Waals surface area contributed by atoms with Gasteiger partial charge in [0.15, 0.2) is 0 Å². The Labute approximate surface area is 89.6 Å². The molecule has 4 heteroatoms. The fourth-order valence-corrected chi connectivity index (χ4v) is 2.99. The van der Waals surface area contributed by atoms with Crippen LogP contribution >= 0.6 is 0 Å². The molecule has 2 aliphatic rings. The van der Waals surface area contributed by atoms with Gasteiger partial charge in [-0.15, -0.1) is 0 Å². The molecule has 4 nitrogen and oxygen atoms in total. The molecule has 0 aliphatic carbocycles. The van der Waals surface area contributed by atoms with Crippen LogP contribution in [0.4, 0.5) is 0 Å². The average molecular weight is 207 g/mol. The van der Waals surface area contributed by atoms with Crippen molar-refractivity contribution in [1.29, 1.82) is 0 Å². The molecule has 1 fully saturated rings. The molecule has 1 N–H and O–H groups in total. The third kappa shape index (κ3) is 1.32. The van der Waals surface area contributed by atoms with E-state index in [2.05, 4.69) is 22.1 Å². The number of fused-ring (bicyclic) bond motifs is 2. The van der Waals surface area contributed by atoms with Crippen molar-refractivity contribution in [3.05, 3.63) is 17.5 Å². The maximum absolute atomic E-state index is 5.47. The van der Waals surface area contributed by atoms with Crippen molar-refractivity contribution in [3.63, 3.8) is 0 Å². The summed E-state index contributed by atoms with van der Waals surface area (Å²) in [6.45, 7) is 3.80. The predicted molar refractivity (Wildman–Crippen MR) is 56.6 cm³/mol. The van der Waals surface area contributed by atoms with Gasteiger partial charge in [0.25, 0.3) is 0 Å². The monoisotopic (exact) mass is 207 g/mol. The number of hydrogen-bond donors (Lipinski definition) is 1. The first-order chi connectivity index (χ1) is 7.32. The molecule has 0 amide bonds. The zero-order valence-electron chi connectivity index (χ0n) is 9.12. The van der Waals surface area contributed by atoms with Gasteiger partial charge in [-0.3, -0.25) is 4.68 Å². The van der Waals surface area contributed by atoms with Crippen LogP contribution in [0.5, 0.6) is 0 Å². The van der Waals surface area contributed by atoms with Crippen molar-refractivity contribution < 1.29 is 4.74 Å². The fourth-order valence-electron chi connectivity index (χ4n) is 2.99. The molecule has 3 rings (SSSR count). The number of nitrogens with zero attached hydrogens (tertiary/aromatic N) is 2. The van der Waals surface area contributed by atoms with Gasteiger partial charge in [-0.25, -0.2) is 0 Å². The van der Waals surface area contributed by atoms with E-state index >= 15 is 0 Å². The summed E-state index contributed by atoms with van der Waals surface area (Å²) in [7, 11) is 2.06. The van der Waals surface area contributed by atoms with E-state index in [1.165, 1.54) is 11.3 Å². The van der Waals surface area contributed by atoms with E-state index in [1.54, 1.807) is 0 Å². The predicted octanol–water partition coefficient (Wildman–Crippen LogP) is 0.571. The summed E-state index contributed by atoms with van der Waals surface area (Å²) in [4.78, 5) is 0. The Morgan fingerprint density at radius 1 is 1.47 bits per heavy atom. The number of ether oxygens (including phenoxy) is 1. The topological polar surface area (TPSA) is 39.1 Å². The summed E-state index contributed by atoms with van der Waals surface area (Å²) in [5, 5.41) is 7.89. The lowest BCUT2D eigenvalue weighted by atomic mass is 9.74. The minimum Gasteiger partial charge on any atom is -0.381 e. The molecule has 0 bridgehead atoms. The Morgan fingerprint density at radius 2 is 2.27 bits per heavy atom. The van der Waals surface area contributed by atoms with Crippen molar-refractivity contribution in [3.8, 4) is 0 Å².